The zero-order valence-electron chi connectivity index (χ0n) is 14.2. The molecular formula is C18H20FN5O2. The van der Waals surface area contributed by atoms with Crippen molar-refractivity contribution < 1.29 is 14.0 Å². The van der Waals surface area contributed by atoms with E-state index in [1.54, 1.807) is 28.3 Å². The van der Waals surface area contributed by atoms with Crippen molar-refractivity contribution in [3.63, 3.8) is 0 Å². The van der Waals surface area contributed by atoms with Gasteiger partial charge in [-0.1, -0.05) is 12.1 Å². The molecule has 8 heteroatoms. The number of piperazine rings is 1. The van der Waals surface area contributed by atoms with Crippen molar-refractivity contribution in [2.45, 2.75) is 19.0 Å². The minimum Gasteiger partial charge on any atom is -0.348 e. The number of H-pyrrole nitrogens is 1. The molecule has 7 nitrogen and oxygen atoms in total. The maximum Gasteiger partial charge on any atom is 0.246 e. The van der Waals surface area contributed by atoms with Crippen LogP contribution in [0.2, 0.25) is 0 Å². The molecule has 1 fully saturated rings. The third kappa shape index (κ3) is 3.20. The number of hydrogen-bond acceptors (Lipinski definition) is 4. The third-order valence-electron chi connectivity index (χ3n) is 4.91. The molecule has 1 aromatic heterocycles. The second kappa shape index (κ2) is 6.87. The van der Waals surface area contributed by atoms with Crippen molar-refractivity contribution in [1.29, 1.82) is 0 Å². The van der Waals surface area contributed by atoms with E-state index in [1.165, 1.54) is 12.1 Å². The first-order valence-electron chi connectivity index (χ1n) is 8.68. The molecule has 0 bridgehead atoms. The number of nitrogens with one attached hydrogen (secondary N) is 2. The Morgan fingerprint density at radius 3 is 2.85 bits per heavy atom. The second-order valence-electron chi connectivity index (χ2n) is 6.61. The number of fused-ring (bicyclic) bond motifs is 1. The summed E-state index contributed by atoms with van der Waals surface area (Å²) in [7, 11) is 0. The number of carbonyl (C=O) groups excluding carboxylic acids is 2. The van der Waals surface area contributed by atoms with Gasteiger partial charge in [0.25, 0.3) is 0 Å². The van der Waals surface area contributed by atoms with E-state index in [0.29, 0.717) is 26.2 Å². The Morgan fingerprint density at radius 1 is 1.27 bits per heavy atom. The van der Waals surface area contributed by atoms with E-state index in [1.807, 2.05) is 0 Å². The van der Waals surface area contributed by atoms with Gasteiger partial charge in [0.15, 0.2) is 0 Å². The predicted octanol–water partition coefficient (Wildman–Crippen LogP) is 0.607. The number of nitrogens with zero attached hydrogens (tertiary/aromatic N) is 3. The molecule has 2 amide bonds. The molecule has 0 saturated carbocycles. The lowest BCUT2D eigenvalue weighted by molar-refractivity contribution is -0.147. The molecule has 0 unspecified atom stereocenters. The summed E-state index contributed by atoms with van der Waals surface area (Å²) in [6, 6.07) is 5.61. The van der Waals surface area contributed by atoms with Crippen molar-refractivity contribution in [2.24, 2.45) is 0 Å². The fourth-order valence-electron chi connectivity index (χ4n) is 3.48. The van der Waals surface area contributed by atoms with Gasteiger partial charge in [0.2, 0.25) is 11.8 Å². The Bertz CT molecular complexity index is 819. The van der Waals surface area contributed by atoms with E-state index in [2.05, 4.69) is 15.3 Å². The SMILES string of the molecule is O=C1CN(C(=O)[C@H]2NCCc3[nH]cnc32)CCN1Cc1ccc(F)cc1. The molecule has 26 heavy (non-hydrogen) atoms. The largest absolute Gasteiger partial charge is 0.348 e. The monoisotopic (exact) mass is 357 g/mol. The van der Waals surface area contributed by atoms with Gasteiger partial charge in [0, 0.05) is 38.3 Å². The number of aromatic nitrogens is 2. The number of carbonyl (C=O) groups is 2. The van der Waals surface area contributed by atoms with Crippen LogP contribution in [0.5, 0.6) is 0 Å². The van der Waals surface area contributed by atoms with Crippen LogP contribution in [-0.2, 0) is 22.6 Å². The highest BCUT2D eigenvalue weighted by atomic mass is 19.1. The van der Waals surface area contributed by atoms with Crippen LogP contribution < -0.4 is 5.32 Å². The lowest BCUT2D eigenvalue weighted by Gasteiger charge is -2.36. The standard InChI is InChI=1S/C18H20FN5O2/c19-13-3-1-12(2-4-13)9-23-7-8-24(10-15(23)25)18(26)17-16-14(5-6-20-17)21-11-22-16/h1-4,11,17,20H,5-10H2,(H,21,22)/t17-/m0/s1. The van der Waals surface area contributed by atoms with Crippen LogP contribution in [0.1, 0.15) is 23.0 Å². The molecule has 2 aromatic rings. The van der Waals surface area contributed by atoms with Gasteiger partial charge in [-0.05, 0) is 17.7 Å². The summed E-state index contributed by atoms with van der Waals surface area (Å²) >= 11 is 0. The molecule has 136 valence electrons. The number of aromatic amines is 1. The lowest BCUT2D eigenvalue weighted by atomic mass is 10.0. The number of benzene rings is 1. The van der Waals surface area contributed by atoms with Gasteiger partial charge < -0.3 is 20.1 Å². The van der Waals surface area contributed by atoms with E-state index in [4.69, 9.17) is 0 Å². The average molecular weight is 357 g/mol. The second-order valence-corrected chi connectivity index (χ2v) is 6.61. The molecule has 2 N–H and O–H groups in total. The molecule has 2 aliphatic rings. The fraction of sp³-hybridized carbons (Fsp3) is 0.389. The van der Waals surface area contributed by atoms with Gasteiger partial charge in [-0.15, -0.1) is 0 Å². The summed E-state index contributed by atoms with van der Waals surface area (Å²) in [5, 5.41) is 3.20. The Balaban J connectivity index is 1.40. The number of hydrogen-bond donors (Lipinski definition) is 2. The van der Waals surface area contributed by atoms with Crippen LogP contribution in [0, 0.1) is 5.82 Å². The van der Waals surface area contributed by atoms with Gasteiger partial charge in [-0.25, -0.2) is 9.37 Å². The minimum atomic E-state index is -0.499. The number of imidazole rings is 1. The minimum absolute atomic E-state index is 0.0535. The van der Waals surface area contributed by atoms with Crippen molar-refractivity contribution >= 4 is 11.8 Å². The van der Waals surface area contributed by atoms with Crippen LogP contribution in [0.15, 0.2) is 30.6 Å². The predicted molar refractivity (Wildman–Crippen MR) is 91.4 cm³/mol. The van der Waals surface area contributed by atoms with E-state index in [9.17, 15) is 14.0 Å². The summed E-state index contributed by atoms with van der Waals surface area (Å²) in [5.41, 5.74) is 2.57. The van der Waals surface area contributed by atoms with Crippen molar-refractivity contribution in [3.05, 3.63) is 53.4 Å². The maximum absolute atomic E-state index is 13.0. The molecule has 0 radical (unpaired) electrons. The van der Waals surface area contributed by atoms with Crippen LogP contribution >= 0.6 is 0 Å². The van der Waals surface area contributed by atoms with Crippen LogP contribution in [0.4, 0.5) is 4.39 Å². The molecule has 0 aliphatic carbocycles. The first-order valence-corrected chi connectivity index (χ1v) is 8.68. The summed E-state index contributed by atoms with van der Waals surface area (Å²) in [6.45, 7) is 2.11. The van der Waals surface area contributed by atoms with Gasteiger partial charge in [-0.2, -0.15) is 0 Å². The Hall–Kier alpha value is -2.74. The molecule has 2 aliphatic heterocycles. The highest BCUT2D eigenvalue weighted by Crippen LogP contribution is 2.22. The van der Waals surface area contributed by atoms with Crippen molar-refractivity contribution in [2.75, 3.05) is 26.2 Å². The van der Waals surface area contributed by atoms with E-state index >= 15 is 0 Å². The van der Waals surface area contributed by atoms with Crippen LogP contribution in [0.3, 0.4) is 0 Å². The third-order valence-corrected chi connectivity index (χ3v) is 4.91. The molecule has 1 saturated heterocycles. The van der Waals surface area contributed by atoms with Gasteiger partial charge in [0.1, 0.15) is 11.9 Å². The first-order chi connectivity index (χ1) is 12.6. The Morgan fingerprint density at radius 2 is 2.08 bits per heavy atom. The highest BCUT2D eigenvalue weighted by molar-refractivity contribution is 5.89. The zero-order chi connectivity index (χ0) is 18.1. The molecule has 1 atom stereocenters. The lowest BCUT2D eigenvalue weighted by Crippen LogP contribution is -2.54. The Kier molecular flexibility index (Phi) is 4.42. The smallest absolute Gasteiger partial charge is 0.246 e. The molecule has 4 rings (SSSR count). The van der Waals surface area contributed by atoms with Gasteiger partial charge in [-0.3, -0.25) is 9.59 Å². The Labute approximate surface area is 150 Å². The quantitative estimate of drug-likeness (QED) is 0.843. The number of rotatable bonds is 3. The topological polar surface area (TPSA) is 81.3 Å². The number of halogens is 1. The van der Waals surface area contributed by atoms with Crippen molar-refractivity contribution in [3.8, 4) is 0 Å². The normalized spacial score (nSPS) is 20.2. The van der Waals surface area contributed by atoms with Gasteiger partial charge >= 0.3 is 0 Å². The number of amides is 2. The maximum atomic E-state index is 13.0. The fourth-order valence-corrected chi connectivity index (χ4v) is 3.48. The zero-order valence-corrected chi connectivity index (χ0v) is 14.2. The summed E-state index contributed by atoms with van der Waals surface area (Å²) in [5.74, 6) is -0.520. The molecule has 3 heterocycles. The highest BCUT2D eigenvalue weighted by Gasteiger charge is 2.35. The van der Waals surface area contributed by atoms with E-state index in [-0.39, 0.29) is 24.2 Å². The van der Waals surface area contributed by atoms with Crippen LogP contribution in [0.25, 0.3) is 0 Å². The van der Waals surface area contributed by atoms with Crippen molar-refractivity contribution in [1.82, 2.24) is 25.1 Å². The summed E-state index contributed by atoms with van der Waals surface area (Å²) in [6.07, 6.45) is 2.41. The van der Waals surface area contributed by atoms with Gasteiger partial charge in [0.05, 0.1) is 18.6 Å². The molecule has 1 aromatic carbocycles. The molecule has 0 spiro atoms. The van der Waals surface area contributed by atoms with E-state index in [0.717, 1.165) is 23.4 Å². The van der Waals surface area contributed by atoms with Crippen LogP contribution in [-0.4, -0.2) is 57.8 Å². The average Bonchev–Trinajstić information content (AvgIpc) is 3.13. The van der Waals surface area contributed by atoms with E-state index < -0.39 is 6.04 Å². The summed E-state index contributed by atoms with van der Waals surface area (Å²) < 4.78 is 13.0. The summed E-state index contributed by atoms with van der Waals surface area (Å²) in [4.78, 5) is 35.9. The first kappa shape index (κ1) is 16.7. The molecular weight excluding hydrogens is 337 g/mol.